The van der Waals surface area contributed by atoms with Gasteiger partial charge in [0.2, 0.25) is 0 Å². The molecule has 8 heteroatoms. The number of aromatic nitrogens is 3. The van der Waals surface area contributed by atoms with Gasteiger partial charge in [-0.1, -0.05) is 0 Å². The van der Waals surface area contributed by atoms with Gasteiger partial charge in [0.15, 0.2) is 5.82 Å². The van der Waals surface area contributed by atoms with Gasteiger partial charge in [-0.15, -0.1) is 5.10 Å². The first-order valence-electron chi connectivity index (χ1n) is 4.87. The van der Waals surface area contributed by atoms with Crippen LogP contribution in [0.2, 0.25) is 0 Å². The van der Waals surface area contributed by atoms with Gasteiger partial charge in [-0.2, -0.15) is 13.5 Å². The molecule has 1 aromatic heterocycles. The topological polar surface area (TPSA) is 60.0 Å². The normalized spacial score (nSPS) is 11.2. The molecule has 2 rings (SSSR count). The van der Waals surface area contributed by atoms with Gasteiger partial charge < -0.3 is 5.11 Å². The van der Waals surface area contributed by atoms with Gasteiger partial charge in [0.1, 0.15) is 17.3 Å². The summed E-state index contributed by atoms with van der Waals surface area (Å²) >= 11 is 0. The van der Waals surface area contributed by atoms with Crippen LogP contribution < -0.4 is 5.69 Å². The zero-order valence-corrected chi connectivity index (χ0v) is 9.14. The Morgan fingerprint density at radius 2 is 2.06 bits per heavy atom. The fourth-order valence-electron chi connectivity index (χ4n) is 1.53. The lowest BCUT2D eigenvalue weighted by Crippen LogP contribution is -2.25. The Hall–Kier alpha value is -2.25. The van der Waals surface area contributed by atoms with Gasteiger partial charge in [-0.3, -0.25) is 0 Å². The second kappa shape index (κ2) is 4.21. The summed E-state index contributed by atoms with van der Waals surface area (Å²) in [5.41, 5.74) is -1.45. The molecule has 0 aliphatic carbocycles. The summed E-state index contributed by atoms with van der Waals surface area (Å²) in [6.07, 6.45) is 0. The molecule has 18 heavy (non-hydrogen) atoms. The summed E-state index contributed by atoms with van der Waals surface area (Å²) in [5, 5.41) is 12.6. The molecule has 0 radical (unpaired) electrons. The number of phenols is 1. The zero-order valence-electron chi connectivity index (χ0n) is 9.14. The summed E-state index contributed by atoms with van der Waals surface area (Å²) in [5.74, 6) is -1.51. The summed E-state index contributed by atoms with van der Waals surface area (Å²) < 4.78 is 39.3. The molecule has 0 spiro atoms. The largest absolute Gasteiger partial charge is 0.508 e. The maximum atomic E-state index is 13.5. The Balaban J connectivity index is 2.66. The number of halogens is 3. The van der Waals surface area contributed by atoms with Crippen LogP contribution in [-0.2, 0) is 0 Å². The lowest BCUT2D eigenvalue weighted by atomic mass is 10.3. The molecule has 1 aromatic carbocycles. The van der Waals surface area contributed by atoms with Crippen molar-refractivity contribution < 1.29 is 18.3 Å². The van der Waals surface area contributed by atoms with E-state index in [4.69, 9.17) is 5.11 Å². The van der Waals surface area contributed by atoms with Gasteiger partial charge in [0.05, 0.1) is 0 Å². The molecule has 1 N–H and O–H groups in total. The van der Waals surface area contributed by atoms with E-state index in [-0.39, 0.29) is 21.8 Å². The van der Waals surface area contributed by atoms with Crippen molar-refractivity contribution in [3.05, 3.63) is 40.3 Å². The van der Waals surface area contributed by atoms with Crippen molar-refractivity contribution in [3.63, 3.8) is 0 Å². The van der Waals surface area contributed by atoms with Gasteiger partial charge in [-0.05, 0) is 19.1 Å². The highest BCUT2D eigenvalue weighted by Crippen LogP contribution is 2.18. The van der Waals surface area contributed by atoms with Crippen molar-refractivity contribution in [1.82, 2.24) is 14.3 Å². The molecular weight excluding hydrogens is 251 g/mol. The Morgan fingerprint density at radius 1 is 1.39 bits per heavy atom. The van der Waals surface area contributed by atoms with E-state index < -0.39 is 18.1 Å². The molecule has 0 bridgehead atoms. The fraction of sp³-hybridized carbons (Fsp3) is 0.200. The molecule has 0 aliphatic heterocycles. The van der Waals surface area contributed by atoms with Crippen LogP contribution in [0.15, 0.2) is 23.0 Å². The minimum Gasteiger partial charge on any atom is -0.508 e. The molecule has 0 aliphatic rings. The molecule has 1 heterocycles. The van der Waals surface area contributed by atoms with Crippen LogP contribution in [0.1, 0.15) is 12.4 Å². The van der Waals surface area contributed by atoms with Crippen LogP contribution in [0.25, 0.3) is 5.69 Å². The molecule has 5 nitrogen and oxygen atoms in total. The van der Waals surface area contributed by atoms with E-state index in [0.29, 0.717) is 4.68 Å². The van der Waals surface area contributed by atoms with E-state index in [1.54, 1.807) is 0 Å². The van der Waals surface area contributed by atoms with Crippen molar-refractivity contribution in [2.45, 2.75) is 13.5 Å². The SMILES string of the molecule is Cc1nn(-c2ccc(O)cc2F)c(=O)n1C(F)F. The number of rotatable bonds is 2. The quantitative estimate of drug-likeness (QED) is 0.890. The number of benzene rings is 1. The number of phenolic OH excluding ortho intramolecular Hbond substituents is 1. The van der Waals surface area contributed by atoms with Gasteiger partial charge in [-0.25, -0.2) is 13.8 Å². The van der Waals surface area contributed by atoms with Gasteiger partial charge in [0, 0.05) is 6.07 Å². The number of hydrogen-bond acceptors (Lipinski definition) is 3. The minimum absolute atomic E-state index is 0.145. The third kappa shape index (κ3) is 1.85. The lowest BCUT2D eigenvalue weighted by Gasteiger charge is -2.01. The molecule has 0 saturated carbocycles. The predicted molar refractivity (Wildman–Crippen MR) is 55.4 cm³/mol. The third-order valence-electron chi connectivity index (χ3n) is 2.34. The van der Waals surface area contributed by atoms with Crippen LogP contribution in [0, 0.1) is 12.7 Å². The Labute approximate surface area is 98.7 Å². The first kappa shape index (κ1) is 12.2. The second-order valence-corrected chi connectivity index (χ2v) is 3.52. The van der Waals surface area contributed by atoms with Crippen molar-refractivity contribution in [2.24, 2.45) is 0 Å². The number of alkyl halides is 2. The minimum atomic E-state index is -3.05. The van der Waals surface area contributed by atoms with Crippen molar-refractivity contribution in [2.75, 3.05) is 0 Å². The summed E-state index contributed by atoms with van der Waals surface area (Å²) in [6.45, 7) is -1.84. The standard InChI is InChI=1S/C10H8F3N3O2/c1-5-14-16(10(18)15(5)9(12)13)8-3-2-6(17)4-7(8)11/h2-4,9,17H,1H3. The predicted octanol–water partition coefficient (Wildman–Crippen LogP) is 1.58. The average molecular weight is 259 g/mol. The summed E-state index contributed by atoms with van der Waals surface area (Å²) in [4.78, 5) is 11.6. The summed E-state index contributed by atoms with van der Waals surface area (Å²) in [6, 6.07) is 2.97. The van der Waals surface area contributed by atoms with E-state index in [0.717, 1.165) is 18.2 Å². The fourth-order valence-corrected chi connectivity index (χ4v) is 1.53. The molecule has 0 amide bonds. The van der Waals surface area contributed by atoms with Crippen LogP contribution >= 0.6 is 0 Å². The maximum Gasteiger partial charge on any atom is 0.355 e. The van der Waals surface area contributed by atoms with Crippen molar-refractivity contribution >= 4 is 0 Å². The second-order valence-electron chi connectivity index (χ2n) is 3.52. The average Bonchev–Trinajstić information content (AvgIpc) is 2.54. The number of nitrogens with zero attached hydrogens (tertiary/aromatic N) is 3. The first-order valence-corrected chi connectivity index (χ1v) is 4.87. The highest BCUT2D eigenvalue weighted by Gasteiger charge is 2.19. The Kier molecular flexibility index (Phi) is 2.85. The lowest BCUT2D eigenvalue weighted by molar-refractivity contribution is 0.0640. The van der Waals surface area contributed by atoms with E-state index in [1.807, 2.05) is 0 Å². The van der Waals surface area contributed by atoms with Crippen LogP contribution in [0.3, 0.4) is 0 Å². The molecule has 0 fully saturated rings. The van der Waals surface area contributed by atoms with Crippen LogP contribution in [0.4, 0.5) is 13.2 Å². The van der Waals surface area contributed by atoms with Crippen LogP contribution in [0.5, 0.6) is 5.75 Å². The highest BCUT2D eigenvalue weighted by molar-refractivity contribution is 5.37. The van der Waals surface area contributed by atoms with Crippen molar-refractivity contribution in [1.29, 1.82) is 0 Å². The highest BCUT2D eigenvalue weighted by atomic mass is 19.3. The molecule has 2 aromatic rings. The molecule has 96 valence electrons. The first-order chi connectivity index (χ1) is 8.41. The maximum absolute atomic E-state index is 13.5. The smallest absolute Gasteiger partial charge is 0.355 e. The van der Waals surface area contributed by atoms with E-state index in [9.17, 15) is 18.0 Å². The monoisotopic (exact) mass is 259 g/mol. The molecular formula is C10H8F3N3O2. The zero-order chi connectivity index (χ0) is 13.4. The van der Waals surface area contributed by atoms with Crippen molar-refractivity contribution in [3.8, 4) is 11.4 Å². The van der Waals surface area contributed by atoms with Crippen LogP contribution in [-0.4, -0.2) is 19.5 Å². The number of hydrogen-bond donors (Lipinski definition) is 1. The molecule has 0 atom stereocenters. The Morgan fingerprint density at radius 3 is 2.56 bits per heavy atom. The number of aromatic hydroxyl groups is 1. The third-order valence-corrected chi connectivity index (χ3v) is 2.34. The molecule has 0 unspecified atom stereocenters. The Bertz CT molecular complexity index is 648. The van der Waals surface area contributed by atoms with E-state index >= 15 is 0 Å². The van der Waals surface area contributed by atoms with E-state index in [2.05, 4.69) is 5.10 Å². The van der Waals surface area contributed by atoms with Gasteiger partial charge >= 0.3 is 12.2 Å². The van der Waals surface area contributed by atoms with E-state index in [1.165, 1.54) is 6.92 Å². The van der Waals surface area contributed by atoms with Gasteiger partial charge in [0.25, 0.3) is 0 Å². The summed E-state index contributed by atoms with van der Waals surface area (Å²) in [7, 11) is 0. The molecule has 0 saturated heterocycles. The number of aryl methyl sites for hydroxylation is 1.